The number of nitrogens with one attached hydrogen (secondary N) is 1. The Morgan fingerprint density at radius 1 is 1.03 bits per heavy atom. The number of carbonyl (C=O) groups excluding carboxylic acids is 2. The number of halogens is 2. The molecule has 1 saturated carbocycles. The predicted molar refractivity (Wildman–Crippen MR) is 150 cm³/mol. The van der Waals surface area contributed by atoms with Gasteiger partial charge in [0.05, 0.1) is 11.9 Å². The van der Waals surface area contributed by atoms with Crippen molar-refractivity contribution in [3.8, 4) is 0 Å². The molecule has 0 saturated heterocycles. The molecule has 0 bridgehead atoms. The van der Waals surface area contributed by atoms with Crippen LogP contribution in [0.4, 0.5) is 5.69 Å². The van der Waals surface area contributed by atoms with Crippen LogP contribution in [0.5, 0.6) is 0 Å². The molecule has 0 aliphatic heterocycles. The van der Waals surface area contributed by atoms with Gasteiger partial charge >= 0.3 is 0 Å². The van der Waals surface area contributed by atoms with E-state index in [0.29, 0.717) is 21.3 Å². The SMILES string of the molecule is Cc1cccc(N(CC(=O)N(Cc2c(Cl)cccc2Cl)[C@@H](C)C(=O)NC2CCCCC2)S(C)(=O)=O)c1C. The van der Waals surface area contributed by atoms with Gasteiger partial charge in [-0.05, 0) is 62.9 Å². The van der Waals surface area contributed by atoms with Crippen LogP contribution in [0.1, 0.15) is 55.7 Å². The maximum absolute atomic E-state index is 13.8. The van der Waals surface area contributed by atoms with Crippen molar-refractivity contribution in [2.45, 2.75) is 71.5 Å². The Balaban J connectivity index is 1.95. The molecular weight excluding hydrogens is 533 g/mol. The highest BCUT2D eigenvalue weighted by atomic mass is 35.5. The molecule has 202 valence electrons. The summed E-state index contributed by atoms with van der Waals surface area (Å²) in [5, 5.41) is 3.79. The summed E-state index contributed by atoms with van der Waals surface area (Å²) in [5.74, 6) is -0.824. The lowest BCUT2D eigenvalue weighted by Crippen LogP contribution is -2.53. The summed E-state index contributed by atoms with van der Waals surface area (Å²) >= 11 is 12.8. The molecule has 1 N–H and O–H groups in total. The van der Waals surface area contributed by atoms with Crippen LogP contribution in [0, 0.1) is 13.8 Å². The van der Waals surface area contributed by atoms with E-state index in [2.05, 4.69) is 5.32 Å². The number of rotatable bonds is 9. The van der Waals surface area contributed by atoms with Gasteiger partial charge in [0.15, 0.2) is 0 Å². The third kappa shape index (κ3) is 7.39. The second kappa shape index (κ2) is 12.5. The second-order valence-corrected chi connectivity index (χ2v) is 12.5. The molecule has 2 aromatic rings. The number of hydrogen-bond acceptors (Lipinski definition) is 4. The van der Waals surface area contributed by atoms with Gasteiger partial charge in [0.2, 0.25) is 21.8 Å². The summed E-state index contributed by atoms with van der Waals surface area (Å²) in [6.45, 7) is 4.83. The molecule has 7 nitrogen and oxygen atoms in total. The number of carbonyl (C=O) groups is 2. The maximum atomic E-state index is 13.8. The third-order valence-corrected chi connectivity index (χ3v) is 8.87. The van der Waals surface area contributed by atoms with Crippen LogP contribution in [0.15, 0.2) is 36.4 Å². The van der Waals surface area contributed by atoms with Crippen molar-refractivity contribution in [1.29, 1.82) is 0 Å². The van der Waals surface area contributed by atoms with Gasteiger partial charge in [0.25, 0.3) is 0 Å². The van der Waals surface area contributed by atoms with Crippen molar-refractivity contribution in [1.82, 2.24) is 10.2 Å². The molecule has 10 heteroatoms. The fourth-order valence-electron chi connectivity index (χ4n) is 4.61. The lowest BCUT2D eigenvalue weighted by molar-refractivity contribution is -0.139. The molecule has 1 atom stereocenters. The van der Waals surface area contributed by atoms with Crippen molar-refractivity contribution in [3.05, 3.63) is 63.1 Å². The van der Waals surface area contributed by atoms with Gasteiger partial charge in [-0.25, -0.2) is 8.42 Å². The van der Waals surface area contributed by atoms with E-state index >= 15 is 0 Å². The number of nitrogens with zero attached hydrogens (tertiary/aromatic N) is 2. The minimum absolute atomic E-state index is 0.0407. The molecule has 0 heterocycles. The summed E-state index contributed by atoms with van der Waals surface area (Å²) in [7, 11) is -3.81. The van der Waals surface area contributed by atoms with Crippen molar-refractivity contribution < 1.29 is 18.0 Å². The summed E-state index contributed by atoms with van der Waals surface area (Å²) in [6, 6.07) is 9.52. The first-order chi connectivity index (χ1) is 17.4. The molecule has 1 aliphatic carbocycles. The van der Waals surface area contributed by atoms with Gasteiger partial charge in [-0.15, -0.1) is 0 Å². The van der Waals surface area contributed by atoms with Gasteiger partial charge in [0.1, 0.15) is 12.6 Å². The largest absolute Gasteiger partial charge is 0.352 e. The number of benzene rings is 2. The minimum atomic E-state index is -3.81. The van der Waals surface area contributed by atoms with Crippen LogP contribution >= 0.6 is 23.2 Å². The highest BCUT2D eigenvalue weighted by molar-refractivity contribution is 7.92. The number of sulfonamides is 1. The predicted octanol–water partition coefficient (Wildman–Crippen LogP) is 5.24. The van der Waals surface area contributed by atoms with E-state index in [-0.39, 0.29) is 18.5 Å². The van der Waals surface area contributed by atoms with Crippen LogP contribution in [0.2, 0.25) is 10.0 Å². The quantitative estimate of drug-likeness (QED) is 0.448. The zero-order valence-electron chi connectivity index (χ0n) is 21.8. The highest BCUT2D eigenvalue weighted by Crippen LogP contribution is 2.28. The van der Waals surface area contributed by atoms with Crippen LogP contribution in [0.3, 0.4) is 0 Å². The van der Waals surface area contributed by atoms with Crippen LogP contribution in [0.25, 0.3) is 0 Å². The van der Waals surface area contributed by atoms with Crippen molar-refractivity contribution in [3.63, 3.8) is 0 Å². The Bertz CT molecular complexity index is 1230. The number of aryl methyl sites for hydroxylation is 1. The van der Waals surface area contributed by atoms with E-state index < -0.39 is 28.5 Å². The van der Waals surface area contributed by atoms with Crippen molar-refractivity contribution in [2.75, 3.05) is 17.1 Å². The Labute approximate surface area is 230 Å². The molecule has 0 aromatic heterocycles. The lowest BCUT2D eigenvalue weighted by Gasteiger charge is -2.33. The van der Waals surface area contributed by atoms with E-state index in [1.807, 2.05) is 19.9 Å². The van der Waals surface area contributed by atoms with Gasteiger partial charge in [0, 0.05) is 28.2 Å². The van der Waals surface area contributed by atoms with E-state index in [1.165, 1.54) is 4.90 Å². The summed E-state index contributed by atoms with van der Waals surface area (Å²) in [4.78, 5) is 28.4. The topological polar surface area (TPSA) is 86.8 Å². The van der Waals surface area contributed by atoms with Crippen LogP contribution in [-0.2, 0) is 26.2 Å². The summed E-state index contributed by atoms with van der Waals surface area (Å²) < 4.78 is 26.7. The molecule has 0 spiro atoms. The fourth-order valence-corrected chi connectivity index (χ4v) is 6.02. The number of hydrogen-bond donors (Lipinski definition) is 1. The Hall–Kier alpha value is -2.29. The molecule has 1 fully saturated rings. The van der Waals surface area contributed by atoms with Crippen molar-refractivity contribution >= 4 is 50.7 Å². The normalized spacial score (nSPS) is 15.2. The first-order valence-electron chi connectivity index (χ1n) is 12.5. The highest BCUT2D eigenvalue weighted by Gasteiger charge is 2.32. The average Bonchev–Trinajstić information content (AvgIpc) is 2.84. The summed E-state index contributed by atoms with van der Waals surface area (Å²) in [6.07, 6.45) is 6.12. The van der Waals surface area contributed by atoms with Gasteiger partial charge in [-0.3, -0.25) is 13.9 Å². The smallest absolute Gasteiger partial charge is 0.244 e. The van der Waals surface area contributed by atoms with Gasteiger partial charge in [-0.2, -0.15) is 0 Å². The molecule has 0 radical (unpaired) electrons. The first kappa shape index (κ1) is 29.3. The molecule has 2 amide bonds. The van der Waals surface area contributed by atoms with E-state index in [9.17, 15) is 18.0 Å². The fraction of sp³-hybridized carbons (Fsp3) is 0.481. The average molecular weight is 569 g/mol. The zero-order chi connectivity index (χ0) is 27.3. The number of amides is 2. The van der Waals surface area contributed by atoms with E-state index in [0.717, 1.165) is 53.8 Å². The molecule has 2 aromatic carbocycles. The van der Waals surface area contributed by atoms with Gasteiger partial charge in [-0.1, -0.05) is 60.7 Å². The van der Waals surface area contributed by atoms with E-state index in [4.69, 9.17) is 23.2 Å². The Kier molecular flexibility index (Phi) is 9.89. The molecule has 37 heavy (non-hydrogen) atoms. The standard InChI is InChI=1S/C27H35Cl2N3O4S/c1-18-10-8-15-25(19(18)2)32(37(4,35)36)17-26(33)31(16-22-23(28)13-9-14-24(22)29)20(3)27(34)30-21-11-6-5-7-12-21/h8-10,13-15,20-21H,5-7,11-12,16-17H2,1-4H3,(H,30,34)/t20-/m0/s1. The van der Waals surface area contributed by atoms with Crippen LogP contribution < -0.4 is 9.62 Å². The third-order valence-electron chi connectivity index (χ3n) is 7.03. The lowest BCUT2D eigenvalue weighted by atomic mass is 9.95. The summed E-state index contributed by atoms with van der Waals surface area (Å²) in [5.41, 5.74) is 2.57. The zero-order valence-corrected chi connectivity index (χ0v) is 24.1. The molecule has 0 unspecified atom stereocenters. The maximum Gasteiger partial charge on any atom is 0.244 e. The first-order valence-corrected chi connectivity index (χ1v) is 15.1. The Morgan fingerprint density at radius 2 is 1.62 bits per heavy atom. The van der Waals surface area contributed by atoms with Gasteiger partial charge < -0.3 is 10.2 Å². The number of anilines is 1. The molecule has 1 aliphatic rings. The van der Waals surface area contributed by atoms with Crippen molar-refractivity contribution in [2.24, 2.45) is 0 Å². The molecular formula is C27H35Cl2N3O4S. The minimum Gasteiger partial charge on any atom is -0.352 e. The monoisotopic (exact) mass is 567 g/mol. The van der Waals surface area contributed by atoms with Crippen LogP contribution in [-0.4, -0.2) is 50.0 Å². The second-order valence-electron chi connectivity index (χ2n) is 9.73. The van der Waals surface area contributed by atoms with E-state index in [1.54, 1.807) is 37.3 Å². The Morgan fingerprint density at radius 3 is 2.22 bits per heavy atom. The molecule has 3 rings (SSSR count).